The van der Waals surface area contributed by atoms with Crippen molar-refractivity contribution in [2.24, 2.45) is 23.7 Å². The number of rotatable bonds is 2. The van der Waals surface area contributed by atoms with Gasteiger partial charge in [0, 0.05) is 0 Å². The van der Waals surface area contributed by atoms with Crippen LogP contribution in [0.4, 0.5) is 0 Å². The molecule has 0 radical (unpaired) electrons. The Morgan fingerprint density at radius 1 is 0.581 bits per heavy atom. The van der Waals surface area contributed by atoms with Gasteiger partial charge >= 0.3 is 0 Å². The average Bonchev–Trinajstić information content (AvgIpc) is 2.71. The van der Waals surface area contributed by atoms with Crippen molar-refractivity contribution in [2.75, 3.05) is 0 Å². The molecule has 4 atom stereocenters. The van der Waals surface area contributed by atoms with Crippen LogP contribution in [0.15, 0.2) is 48.5 Å². The lowest BCUT2D eigenvalue weighted by atomic mass is 9.73. The lowest BCUT2D eigenvalue weighted by Gasteiger charge is -2.33. The Hall–Kier alpha value is -1.56. The minimum Gasteiger partial charge on any atom is -0.0625 e. The minimum absolute atomic E-state index is 1.02. The molecule has 31 heavy (non-hydrogen) atoms. The van der Waals surface area contributed by atoms with E-state index in [1.165, 1.54) is 73.6 Å². The van der Waals surface area contributed by atoms with Gasteiger partial charge in [-0.1, -0.05) is 123 Å². The van der Waals surface area contributed by atoms with Gasteiger partial charge in [0.05, 0.1) is 0 Å². The molecule has 2 aliphatic carbocycles. The predicted octanol–water partition coefficient (Wildman–Crippen LogP) is 9.64. The van der Waals surface area contributed by atoms with E-state index in [0.717, 1.165) is 23.7 Å². The molecule has 0 aliphatic heterocycles. The molecule has 2 saturated carbocycles. The smallest absolute Gasteiger partial charge is 0.0398 e. The van der Waals surface area contributed by atoms with E-state index < -0.39 is 0 Å². The number of hydrogen-bond acceptors (Lipinski definition) is 0. The van der Waals surface area contributed by atoms with Crippen molar-refractivity contribution in [1.29, 1.82) is 0 Å². The summed E-state index contributed by atoms with van der Waals surface area (Å²) >= 11 is 0. The van der Waals surface area contributed by atoms with E-state index in [0.29, 0.717) is 0 Å². The van der Waals surface area contributed by atoms with Gasteiger partial charge in [0.15, 0.2) is 0 Å². The molecule has 2 aromatic rings. The normalized spacial score (nSPS) is 25.5. The van der Waals surface area contributed by atoms with E-state index in [1.807, 2.05) is 0 Å². The maximum atomic E-state index is 2.45. The zero-order chi connectivity index (χ0) is 22.6. The standard InChI is InChI=1S/C15H28.2C8H10/c1-12-5-3-7-14(9-12)11-15-8-4-6-13(2)10-15;1-7-3-5-8(2)6-4-7;1-7-4-3-5-8(2)6-7/h12-15H,3-11H2,1-2H3;2*3-6H,1-2H3. The lowest BCUT2D eigenvalue weighted by molar-refractivity contribution is 0.191. The Balaban J connectivity index is 0.000000181. The fraction of sp³-hybridized carbons (Fsp3) is 0.613. The quantitative estimate of drug-likeness (QED) is 0.453. The van der Waals surface area contributed by atoms with Crippen molar-refractivity contribution in [3.8, 4) is 0 Å². The van der Waals surface area contributed by atoms with E-state index in [4.69, 9.17) is 0 Å². The zero-order valence-electron chi connectivity index (χ0n) is 21.3. The van der Waals surface area contributed by atoms with Gasteiger partial charge in [-0.25, -0.2) is 0 Å². The van der Waals surface area contributed by atoms with Crippen LogP contribution < -0.4 is 0 Å². The van der Waals surface area contributed by atoms with Crippen molar-refractivity contribution in [3.63, 3.8) is 0 Å². The first-order valence-electron chi connectivity index (χ1n) is 12.9. The zero-order valence-corrected chi connectivity index (χ0v) is 21.3. The highest BCUT2D eigenvalue weighted by molar-refractivity contribution is 5.20. The van der Waals surface area contributed by atoms with Crippen LogP contribution in [0.1, 0.15) is 93.9 Å². The highest BCUT2D eigenvalue weighted by Gasteiger charge is 2.25. The summed E-state index contributed by atoms with van der Waals surface area (Å²) in [7, 11) is 0. The van der Waals surface area contributed by atoms with Gasteiger partial charge in [-0.3, -0.25) is 0 Å². The Kier molecular flexibility index (Phi) is 11.4. The molecule has 0 bridgehead atoms. The van der Waals surface area contributed by atoms with Gasteiger partial charge in [-0.05, 0) is 70.6 Å². The summed E-state index contributed by atoms with van der Waals surface area (Å²) in [5.41, 5.74) is 5.33. The van der Waals surface area contributed by atoms with E-state index >= 15 is 0 Å². The molecule has 0 saturated heterocycles. The molecule has 0 heteroatoms. The second-order valence-corrected chi connectivity index (χ2v) is 10.8. The largest absolute Gasteiger partial charge is 0.0625 e. The van der Waals surface area contributed by atoms with Crippen LogP contribution in [-0.4, -0.2) is 0 Å². The maximum absolute atomic E-state index is 2.45. The molecule has 0 aromatic heterocycles. The van der Waals surface area contributed by atoms with Crippen LogP contribution in [0.25, 0.3) is 0 Å². The summed E-state index contributed by atoms with van der Waals surface area (Å²) in [6.07, 6.45) is 13.7. The van der Waals surface area contributed by atoms with E-state index in [9.17, 15) is 0 Å². The van der Waals surface area contributed by atoms with Gasteiger partial charge in [0.1, 0.15) is 0 Å². The SMILES string of the molecule is CC1CCCC(CC2CCCC(C)C2)C1.Cc1ccc(C)cc1.Cc1cccc(C)c1. The average molecular weight is 421 g/mol. The summed E-state index contributed by atoms with van der Waals surface area (Å²) in [6.45, 7) is 13.3. The maximum Gasteiger partial charge on any atom is -0.0398 e. The molecule has 172 valence electrons. The molecule has 0 nitrogen and oxygen atoms in total. The third-order valence-electron chi connectivity index (χ3n) is 7.15. The van der Waals surface area contributed by atoms with Crippen LogP contribution in [0, 0.1) is 51.4 Å². The molecule has 0 spiro atoms. The van der Waals surface area contributed by atoms with E-state index in [2.05, 4.69) is 90.1 Å². The second kappa shape index (κ2) is 13.8. The number of benzene rings is 2. The Morgan fingerprint density at radius 3 is 1.32 bits per heavy atom. The second-order valence-electron chi connectivity index (χ2n) is 10.8. The minimum atomic E-state index is 1.02. The van der Waals surface area contributed by atoms with Crippen LogP contribution in [0.2, 0.25) is 0 Å². The van der Waals surface area contributed by atoms with Crippen LogP contribution >= 0.6 is 0 Å². The van der Waals surface area contributed by atoms with Crippen LogP contribution in [-0.2, 0) is 0 Å². The molecule has 2 aromatic carbocycles. The molecule has 4 rings (SSSR count). The van der Waals surface area contributed by atoms with Gasteiger partial charge in [0.2, 0.25) is 0 Å². The summed E-state index contributed by atoms with van der Waals surface area (Å²) in [6, 6.07) is 16.9. The van der Waals surface area contributed by atoms with Gasteiger partial charge in [-0.15, -0.1) is 0 Å². The summed E-state index contributed by atoms with van der Waals surface area (Å²) in [4.78, 5) is 0. The number of aryl methyl sites for hydroxylation is 4. The summed E-state index contributed by atoms with van der Waals surface area (Å²) in [5.74, 6) is 4.21. The van der Waals surface area contributed by atoms with Crippen molar-refractivity contribution in [3.05, 3.63) is 70.8 Å². The lowest BCUT2D eigenvalue weighted by Crippen LogP contribution is -2.20. The monoisotopic (exact) mass is 420 g/mol. The van der Waals surface area contributed by atoms with Crippen LogP contribution in [0.5, 0.6) is 0 Å². The fourth-order valence-corrected chi connectivity index (χ4v) is 5.46. The first-order valence-corrected chi connectivity index (χ1v) is 12.9. The first kappa shape index (κ1) is 25.7. The Morgan fingerprint density at radius 2 is 1.00 bits per heavy atom. The van der Waals surface area contributed by atoms with E-state index in [1.54, 1.807) is 6.42 Å². The molecule has 4 unspecified atom stereocenters. The molecular formula is C31H48. The van der Waals surface area contributed by atoms with Gasteiger partial charge in [0.25, 0.3) is 0 Å². The molecule has 0 amide bonds. The summed E-state index contributed by atoms with van der Waals surface area (Å²) in [5, 5.41) is 0. The Labute approximate surface area is 193 Å². The predicted molar refractivity (Wildman–Crippen MR) is 139 cm³/mol. The van der Waals surface area contributed by atoms with Gasteiger partial charge in [-0.2, -0.15) is 0 Å². The summed E-state index contributed by atoms with van der Waals surface area (Å²) < 4.78 is 0. The molecule has 0 heterocycles. The molecule has 2 fully saturated rings. The van der Waals surface area contributed by atoms with Crippen LogP contribution in [0.3, 0.4) is 0 Å². The van der Waals surface area contributed by atoms with Crippen molar-refractivity contribution in [1.82, 2.24) is 0 Å². The number of hydrogen-bond donors (Lipinski definition) is 0. The van der Waals surface area contributed by atoms with Crippen molar-refractivity contribution < 1.29 is 0 Å². The Bertz CT molecular complexity index is 668. The highest BCUT2D eigenvalue weighted by atomic mass is 14.3. The molecular weight excluding hydrogens is 372 g/mol. The third-order valence-corrected chi connectivity index (χ3v) is 7.15. The third kappa shape index (κ3) is 11.0. The molecule has 2 aliphatic rings. The highest BCUT2D eigenvalue weighted by Crippen LogP contribution is 2.38. The molecule has 0 N–H and O–H groups in total. The fourth-order valence-electron chi connectivity index (χ4n) is 5.46. The van der Waals surface area contributed by atoms with Crippen molar-refractivity contribution >= 4 is 0 Å². The van der Waals surface area contributed by atoms with E-state index in [-0.39, 0.29) is 0 Å². The first-order chi connectivity index (χ1) is 14.8. The topological polar surface area (TPSA) is 0 Å². The van der Waals surface area contributed by atoms with Gasteiger partial charge < -0.3 is 0 Å². The van der Waals surface area contributed by atoms with Crippen molar-refractivity contribution in [2.45, 2.75) is 99.3 Å².